The molecule has 0 radical (unpaired) electrons. The zero-order valence-corrected chi connectivity index (χ0v) is 16.7. The Bertz CT molecular complexity index is 1320. The summed E-state index contributed by atoms with van der Waals surface area (Å²) >= 11 is 0. The SMILES string of the molecule is N#Cc1cccc(-c2nncn2-c2c(-c3ccccc3)cccc2-c2ccccc2)c1. The third kappa shape index (κ3) is 3.50. The number of rotatable bonds is 4. The average Bonchev–Trinajstić information content (AvgIpc) is 3.34. The first-order valence-electron chi connectivity index (χ1n) is 10.00. The summed E-state index contributed by atoms with van der Waals surface area (Å²) in [6, 6.07) is 36.6. The molecule has 0 spiro atoms. The van der Waals surface area contributed by atoms with Crippen molar-refractivity contribution in [3.8, 4) is 45.4 Å². The number of para-hydroxylation sites is 1. The van der Waals surface area contributed by atoms with Gasteiger partial charge in [-0.15, -0.1) is 10.2 Å². The number of benzene rings is 4. The van der Waals surface area contributed by atoms with Gasteiger partial charge in [-0.3, -0.25) is 4.57 Å². The minimum Gasteiger partial charge on any atom is -0.280 e. The molecule has 0 N–H and O–H groups in total. The molecule has 0 aliphatic heterocycles. The van der Waals surface area contributed by atoms with Crippen LogP contribution < -0.4 is 0 Å². The molecule has 31 heavy (non-hydrogen) atoms. The Labute approximate surface area is 180 Å². The van der Waals surface area contributed by atoms with Gasteiger partial charge in [-0.25, -0.2) is 0 Å². The van der Waals surface area contributed by atoms with Crippen molar-refractivity contribution in [3.63, 3.8) is 0 Å². The molecule has 5 rings (SSSR count). The first-order valence-corrected chi connectivity index (χ1v) is 10.00. The lowest BCUT2D eigenvalue weighted by molar-refractivity contribution is 1.07. The molecule has 0 aliphatic rings. The monoisotopic (exact) mass is 398 g/mol. The maximum Gasteiger partial charge on any atom is 0.168 e. The normalized spacial score (nSPS) is 10.5. The molecule has 0 saturated heterocycles. The van der Waals surface area contributed by atoms with Gasteiger partial charge in [0.25, 0.3) is 0 Å². The van der Waals surface area contributed by atoms with E-state index in [0.29, 0.717) is 11.4 Å². The van der Waals surface area contributed by atoms with Crippen molar-refractivity contribution in [2.75, 3.05) is 0 Å². The second-order valence-corrected chi connectivity index (χ2v) is 7.15. The summed E-state index contributed by atoms with van der Waals surface area (Å²) < 4.78 is 2.02. The fourth-order valence-electron chi connectivity index (χ4n) is 3.83. The largest absolute Gasteiger partial charge is 0.280 e. The molecule has 4 heteroatoms. The lowest BCUT2D eigenvalue weighted by Crippen LogP contribution is -2.02. The highest BCUT2D eigenvalue weighted by Gasteiger charge is 2.18. The first-order chi connectivity index (χ1) is 15.3. The molecule has 4 nitrogen and oxygen atoms in total. The van der Waals surface area contributed by atoms with E-state index in [2.05, 4.69) is 58.7 Å². The number of aromatic nitrogens is 3. The molecule has 0 aliphatic carbocycles. The van der Waals surface area contributed by atoms with Gasteiger partial charge in [-0.2, -0.15) is 5.26 Å². The van der Waals surface area contributed by atoms with Crippen molar-refractivity contribution in [2.45, 2.75) is 0 Å². The summed E-state index contributed by atoms with van der Waals surface area (Å²) in [5.41, 5.74) is 6.83. The Morgan fingerprint density at radius 1 is 0.645 bits per heavy atom. The van der Waals surface area contributed by atoms with Gasteiger partial charge in [0, 0.05) is 16.7 Å². The second kappa shape index (κ2) is 8.10. The molecule has 5 aromatic rings. The minimum absolute atomic E-state index is 0.590. The summed E-state index contributed by atoms with van der Waals surface area (Å²) in [7, 11) is 0. The van der Waals surface area contributed by atoms with Crippen LogP contribution in [0.15, 0.2) is 109 Å². The van der Waals surface area contributed by atoms with Crippen molar-refractivity contribution in [2.24, 2.45) is 0 Å². The molecule has 1 heterocycles. The molecule has 0 bridgehead atoms. The molecule has 0 fully saturated rings. The van der Waals surface area contributed by atoms with Crippen LogP contribution in [0.3, 0.4) is 0 Å². The van der Waals surface area contributed by atoms with Crippen LogP contribution in [0.1, 0.15) is 5.56 Å². The maximum absolute atomic E-state index is 9.34. The predicted molar refractivity (Wildman–Crippen MR) is 122 cm³/mol. The van der Waals surface area contributed by atoms with Crippen LogP contribution in [0, 0.1) is 11.3 Å². The number of nitriles is 1. The van der Waals surface area contributed by atoms with Crippen LogP contribution in [0.2, 0.25) is 0 Å². The molecule has 1 aromatic heterocycles. The zero-order chi connectivity index (χ0) is 21.0. The lowest BCUT2D eigenvalue weighted by Gasteiger charge is -2.18. The molecule has 0 unspecified atom stereocenters. The molecule has 4 aromatic carbocycles. The van der Waals surface area contributed by atoms with Crippen LogP contribution in [-0.2, 0) is 0 Å². The van der Waals surface area contributed by atoms with E-state index in [4.69, 9.17) is 0 Å². The van der Waals surface area contributed by atoms with Crippen molar-refractivity contribution >= 4 is 0 Å². The molecular formula is C27H18N4. The van der Waals surface area contributed by atoms with Crippen LogP contribution in [0.5, 0.6) is 0 Å². The lowest BCUT2D eigenvalue weighted by atomic mass is 9.95. The van der Waals surface area contributed by atoms with Crippen molar-refractivity contribution in [1.29, 1.82) is 5.26 Å². The summed E-state index contributed by atoms with van der Waals surface area (Å²) in [6.45, 7) is 0. The standard InChI is InChI=1S/C27H18N4/c28-18-20-9-7-14-23(17-20)27-30-29-19-31(27)26-24(21-10-3-1-4-11-21)15-8-16-25(26)22-12-5-2-6-13-22/h1-17,19H. The predicted octanol–water partition coefficient (Wildman–Crippen LogP) is 6.14. The van der Waals surface area contributed by atoms with Gasteiger partial charge in [0.1, 0.15) is 6.33 Å². The zero-order valence-electron chi connectivity index (χ0n) is 16.7. The Hall–Kier alpha value is -4.49. The number of hydrogen-bond acceptors (Lipinski definition) is 3. The topological polar surface area (TPSA) is 54.5 Å². The van der Waals surface area contributed by atoms with E-state index >= 15 is 0 Å². The summed E-state index contributed by atoms with van der Waals surface area (Å²) in [5, 5.41) is 18.0. The molecule has 0 amide bonds. The molecule has 0 atom stereocenters. The van der Waals surface area contributed by atoms with Gasteiger partial charge in [-0.1, -0.05) is 91.0 Å². The summed E-state index contributed by atoms with van der Waals surface area (Å²) in [5.74, 6) is 0.692. The van der Waals surface area contributed by atoms with E-state index in [-0.39, 0.29) is 0 Å². The van der Waals surface area contributed by atoms with Crippen LogP contribution in [0.25, 0.3) is 39.3 Å². The quantitative estimate of drug-likeness (QED) is 0.365. The van der Waals surface area contributed by atoms with Crippen molar-refractivity contribution in [1.82, 2.24) is 14.8 Å². The fourth-order valence-corrected chi connectivity index (χ4v) is 3.83. The van der Waals surface area contributed by atoms with Crippen LogP contribution in [0.4, 0.5) is 0 Å². The first kappa shape index (κ1) is 18.5. The van der Waals surface area contributed by atoms with Crippen LogP contribution in [-0.4, -0.2) is 14.8 Å². The Balaban J connectivity index is 1.80. The molecular weight excluding hydrogens is 380 g/mol. The Kier molecular flexibility index (Phi) is 4.84. The molecule has 146 valence electrons. The third-order valence-electron chi connectivity index (χ3n) is 5.24. The minimum atomic E-state index is 0.590. The highest BCUT2D eigenvalue weighted by atomic mass is 15.3. The Morgan fingerprint density at radius 2 is 1.23 bits per heavy atom. The second-order valence-electron chi connectivity index (χ2n) is 7.15. The number of nitrogens with zero attached hydrogens (tertiary/aromatic N) is 4. The van der Waals surface area contributed by atoms with Crippen LogP contribution >= 0.6 is 0 Å². The number of hydrogen-bond donors (Lipinski definition) is 0. The Morgan fingerprint density at radius 3 is 1.84 bits per heavy atom. The third-order valence-corrected chi connectivity index (χ3v) is 5.24. The fraction of sp³-hybridized carbons (Fsp3) is 0. The maximum atomic E-state index is 9.34. The van der Waals surface area contributed by atoms with E-state index in [0.717, 1.165) is 33.5 Å². The molecule has 0 saturated carbocycles. The van der Waals surface area contributed by atoms with E-state index in [9.17, 15) is 5.26 Å². The van der Waals surface area contributed by atoms with E-state index < -0.39 is 0 Å². The van der Waals surface area contributed by atoms with Gasteiger partial charge in [0.15, 0.2) is 5.82 Å². The van der Waals surface area contributed by atoms with Gasteiger partial charge in [0.2, 0.25) is 0 Å². The van der Waals surface area contributed by atoms with Gasteiger partial charge < -0.3 is 0 Å². The van der Waals surface area contributed by atoms with Gasteiger partial charge >= 0.3 is 0 Å². The average molecular weight is 398 g/mol. The van der Waals surface area contributed by atoms with E-state index in [1.807, 2.05) is 59.2 Å². The van der Waals surface area contributed by atoms with E-state index in [1.165, 1.54) is 0 Å². The highest BCUT2D eigenvalue weighted by Crippen LogP contribution is 2.37. The summed E-state index contributed by atoms with van der Waals surface area (Å²) in [4.78, 5) is 0. The van der Waals surface area contributed by atoms with Gasteiger partial charge in [0.05, 0.1) is 17.3 Å². The van der Waals surface area contributed by atoms with E-state index in [1.54, 1.807) is 12.4 Å². The van der Waals surface area contributed by atoms with Crippen molar-refractivity contribution < 1.29 is 0 Å². The van der Waals surface area contributed by atoms with Gasteiger partial charge in [-0.05, 0) is 23.3 Å². The smallest absolute Gasteiger partial charge is 0.168 e. The van der Waals surface area contributed by atoms with Crippen molar-refractivity contribution in [3.05, 3.63) is 115 Å². The summed E-state index contributed by atoms with van der Waals surface area (Å²) in [6.07, 6.45) is 1.74. The highest BCUT2D eigenvalue weighted by molar-refractivity contribution is 5.86.